The Morgan fingerprint density at radius 2 is 2.00 bits per heavy atom. The highest BCUT2D eigenvalue weighted by atomic mass is 19.1. The predicted molar refractivity (Wildman–Crippen MR) is 87.5 cm³/mol. The molecule has 6 heteroatoms. The van der Waals surface area contributed by atoms with Crippen LogP contribution in [0.25, 0.3) is 11.0 Å². The monoisotopic (exact) mass is 327 g/mol. The third kappa shape index (κ3) is 3.43. The lowest BCUT2D eigenvalue weighted by Crippen LogP contribution is -2.07. The molecule has 5 nitrogen and oxygen atoms in total. The summed E-state index contributed by atoms with van der Waals surface area (Å²) in [6.45, 7) is 1.40. The zero-order valence-electron chi connectivity index (χ0n) is 12.8. The molecule has 0 unspecified atom stereocenters. The molecular weight excluding hydrogens is 313 g/mol. The van der Waals surface area contributed by atoms with E-state index in [1.54, 1.807) is 30.3 Å². The van der Waals surface area contributed by atoms with Gasteiger partial charge in [-0.3, -0.25) is 4.79 Å². The van der Waals surface area contributed by atoms with E-state index in [4.69, 9.17) is 9.15 Å². The normalized spacial score (nSPS) is 10.6. The SMILES string of the molecule is CC(=O)Nc1ccc2c(COc3ccccc3F)cc(=O)oc2c1. The number of carbonyl (C=O) groups excluding carboxylic acids is 1. The summed E-state index contributed by atoms with van der Waals surface area (Å²) in [4.78, 5) is 22.8. The van der Waals surface area contributed by atoms with Gasteiger partial charge in [0, 0.05) is 35.7 Å². The van der Waals surface area contributed by atoms with Crippen molar-refractivity contribution >= 4 is 22.6 Å². The molecule has 1 aromatic heterocycles. The van der Waals surface area contributed by atoms with E-state index in [-0.39, 0.29) is 18.3 Å². The van der Waals surface area contributed by atoms with E-state index < -0.39 is 11.4 Å². The first-order chi connectivity index (χ1) is 11.5. The van der Waals surface area contributed by atoms with Crippen LogP contribution >= 0.6 is 0 Å². The lowest BCUT2D eigenvalue weighted by atomic mass is 10.1. The highest BCUT2D eigenvalue weighted by molar-refractivity contribution is 5.92. The van der Waals surface area contributed by atoms with E-state index in [1.165, 1.54) is 25.1 Å². The van der Waals surface area contributed by atoms with Gasteiger partial charge in [0.15, 0.2) is 11.6 Å². The van der Waals surface area contributed by atoms with Crippen LogP contribution in [0.5, 0.6) is 5.75 Å². The minimum atomic E-state index is -0.547. The minimum absolute atomic E-state index is 0.0164. The van der Waals surface area contributed by atoms with Crippen molar-refractivity contribution < 1.29 is 18.3 Å². The molecule has 122 valence electrons. The Labute approximate surface area is 136 Å². The first-order valence-corrected chi connectivity index (χ1v) is 7.24. The maximum atomic E-state index is 13.6. The van der Waals surface area contributed by atoms with E-state index >= 15 is 0 Å². The van der Waals surface area contributed by atoms with Crippen LogP contribution in [0.3, 0.4) is 0 Å². The third-order valence-corrected chi connectivity index (χ3v) is 3.37. The molecule has 0 fully saturated rings. The molecule has 3 rings (SSSR count). The number of hydrogen-bond acceptors (Lipinski definition) is 4. The van der Waals surface area contributed by atoms with Crippen molar-refractivity contribution in [1.29, 1.82) is 0 Å². The van der Waals surface area contributed by atoms with Crippen LogP contribution in [0.4, 0.5) is 10.1 Å². The summed E-state index contributed by atoms with van der Waals surface area (Å²) in [7, 11) is 0. The quantitative estimate of drug-likeness (QED) is 0.745. The van der Waals surface area contributed by atoms with Gasteiger partial charge < -0.3 is 14.5 Å². The molecule has 1 amide bonds. The fourth-order valence-corrected chi connectivity index (χ4v) is 2.35. The Hall–Kier alpha value is -3.15. The van der Waals surface area contributed by atoms with Crippen molar-refractivity contribution in [3.05, 3.63) is 70.3 Å². The molecule has 0 aliphatic rings. The van der Waals surface area contributed by atoms with Crippen molar-refractivity contribution in [1.82, 2.24) is 0 Å². The molecule has 3 aromatic rings. The molecule has 0 spiro atoms. The topological polar surface area (TPSA) is 68.5 Å². The number of anilines is 1. The number of carbonyl (C=O) groups is 1. The van der Waals surface area contributed by atoms with Gasteiger partial charge in [0.2, 0.25) is 5.91 Å². The number of para-hydroxylation sites is 1. The summed E-state index contributed by atoms with van der Waals surface area (Å²) in [5, 5.41) is 3.27. The maximum Gasteiger partial charge on any atom is 0.336 e. The van der Waals surface area contributed by atoms with Gasteiger partial charge in [-0.25, -0.2) is 9.18 Å². The molecule has 0 aliphatic heterocycles. The van der Waals surface area contributed by atoms with E-state index in [0.29, 0.717) is 22.2 Å². The second-order valence-electron chi connectivity index (χ2n) is 5.20. The Morgan fingerprint density at radius 3 is 2.75 bits per heavy atom. The van der Waals surface area contributed by atoms with Crippen molar-refractivity contribution in [2.45, 2.75) is 13.5 Å². The standard InChI is InChI=1S/C18H14FNO4/c1-11(21)20-13-6-7-14-12(8-18(22)24-17(14)9-13)10-23-16-5-3-2-4-15(16)19/h2-9H,10H2,1H3,(H,20,21). The Kier molecular flexibility index (Phi) is 4.29. The molecule has 0 saturated carbocycles. The zero-order chi connectivity index (χ0) is 17.1. The fraction of sp³-hybridized carbons (Fsp3) is 0.111. The van der Waals surface area contributed by atoms with Gasteiger partial charge in [0.25, 0.3) is 0 Å². The van der Waals surface area contributed by atoms with E-state index in [1.807, 2.05) is 0 Å². The molecule has 0 aliphatic carbocycles. The molecule has 0 radical (unpaired) electrons. The maximum absolute atomic E-state index is 13.6. The van der Waals surface area contributed by atoms with Crippen molar-refractivity contribution in [2.75, 3.05) is 5.32 Å². The summed E-state index contributed by atoms with van der Waals surface area (Å²) < 4.78 is 24.2. The lowest BCUT2D eigenvalue weighted by molar-refractivity contribution is -0.114. The van der Waals surface area contributed by atoms with E-state index in [9.17, 15) is 14.0 Å². The number of hydrogen-bond donors (Lipinski definition) is 1. The van der Waals surface area contributed by atoms with Gasteiger partial charge in [-0.05, 0) is 24.3 Å². The molecular formula is C18H14FNO4. The summed E-state index contributed by atoms with van der Waals surface area (Å²) >= 11 is 0. The van der Waals surface area contributed by atoms with Gasteiger partial charge in [-0.2, -0.15) is 0 Å². The first kappa shape index (κ1) is 15.7. The molecule has 0 atom stereocenters. The summed E-state index contributed by atoms with van der Waals surface area (Å²) in [6.07, 6.45) is 0. The number of fused-ring (bicyclic) bond motifs is 1. The fourth-order valence-electron chi connectivity index (χ4n) is 2.35. The van der Waals surface area contributed by atoms with Crippen molar-refractivity contribution in [3.8, 4) is 5.75 Å². The second kappa shape index (κ2) is 6.54. The number of rotatable bonds is 4. The molecule has 0 saturated heterocycles. The average Bonchev–Trinajstić information content (AvgIpc) is 2.52. The average molecular weight is 327 g/mol. The predicted octanol–water partition coefficient (Wildman–Crippen LogP) is 3.47. The van der Waals surface area contributed by atoms with E-state index in [0.717, 1.165) is 0 Å². The molecule has 1 N–H and O–H groups in total. The summed E-state index contributed by atoms with van der Waals surface area (Å²) in [5.41, 5.74) is 0.861. The highest BCUT2D eigenvalue weighted by Crippen LogP contribution is 2.23. The van der Waals surface area contributed by atoms with Crippen LogP contribution in [0.2, 0.25) is 0 Å². The Bertz CT molecular complexity index is 965. The van der Waals surface area contributed by atoms with Gasteiger partial charge >= 0.3 is 5.63 Å². The molecule has 1 heterocycles. The number of halogens is 1. The zero-order valence-corrected chi connectivity index (χ0v) is 12.8. The van der Waals surface area contributed by atoms with Crippen LogP contribution in [0.15, 0.2) is 57.7 Å². The summed E-state index contributed by atoms with van der Waals surface area (Å²) in [6, 6.07) is 12.3. The smallest absolute Gasteiger partial charge is 0.336 e. The third-order valence-electron chi connectivity index (χ3n) is 3.37. The van der Waals surface area contributed by atoms with Crippen LogP contribution in [-0.2, 0) is 11.4 Å². The van der Waals surface area contributed by atoms with Crippen LogP contribution in [0, 0.1) is 5.82 Å². The van der Waals surface area contributed by atoms with Gasteiger partial charge in [-0.15, -0.1) is 0 Å². The number of nitrogens with one attached hydrogen (secondary N) is 1. The second-order valence-corrected chi connectivity index (χ2v) is 5.20. The highest BCUT2D eigenvalue weighted by Gasteiger charge is 2.09. The van der Waals surface area contributed by atoms with Crippen molar-refractivity contribution in [2.24, 2.45) is 0 Å². The number of benzene rings is 2. The number of amides is 1. The number of ether oxygens (including phenoxy) is 1. The first-order valence-electron chi connectivity index (χ1n) is 7.24. The molecule has 2 aromatic carbocycles. The molecule has 24 heavy (non-hydrogen) atoms. The van der Waals surface area contributed by atoms with E-state index in [2.05, 4.69) is 5.32 Å². The largest absolute Gasteiger partial charge is 0.486 e. The Balaban J connectivity index is 1.94. The minimum Gasteiger partial charge on any atom is -0.486 e. The Morgan fingerprint density at radius 1 is 1.21 bits per heavy atom. The lowest BCUT2D eigenvalue weighted by Gasteiger charge is -2.10. The van der Waals surface area contributed by atoms with Crippen LogP contribution in [0.1, 0.15) is 12.5 Å². The van der Waals surface area contributed by atoms with Crippen LogP contribution < -0.4 is 15.7 Å². The van der Waals surface area contributed by atoms with Gasteiger partial charge in [0.05, 0.1) is 0 Å². The van der Waals surface area contributed by atoms with Crippen molar-refractivity contribution in [3.63, 3.8) is 0 Å². The molecule has 0 bridgehead atoms. The summed E-state index contributed by atoms with van der Waals surface area (Å²) in [5.74, 6) is -0.595. The van der Waals surface area contributed by atoms with Gasteiger partial charge in [-0.1, -0.05) is 12.1 Å². The van der Waals surface area contributed by atoms with Crippen LogP contribution in [-0.4, -0.2) is 5.91 Å². The van der Waals surface area contributed by atoms with Gasteiger partial charge in [0.1, 0.15) is 12.2 Å².